The summed E-state index contributed by atoms with van der Waals surface area (Å²) in [5.74, 6) is -0.868. The van der Waals surface area contributed by atoms with Gasteiger partial charge in [-0.05, 0) is 19.1 Å². The number of nitrogens with zero attached hydrogens (tertiary/aromatic N) is 3. The number of hydrogen-bond acceptors (Lipinski definition) is 6. The summed E-state index contributed by atoms with van der Waals surface area (Å²) in [5.41, 5.74) is 0.862. The summed E-state index contributed by atoms with van der Waals surface area (Å²) in [6.07, 6.45) is 1.47. The van der Waals surface area contributed by atoms with Gasteiger partial charge in [0.25, 0.3) is 5.91 Å². The summed E-state index contributed by atoms with van der Waals surface area (Å²) >= 11 is 0. The van der Waals surface area contributed by atoms with E-state index in [1.54, 1.807) is 24.3 Å². The molecule has 25 heavy (non-hydrogen) atoms. The van der Waals surface area contributed by atoms with Crippen molar-refractivity contribution in [2.24, 2.45) is 0 Å². The Bertz CT molecular complexity index is 716. The molecule has 0 aliphatic rings. The van der Waals surface area contributed by atoms with Gasteiger partial charge in [-0.25, -0.2) is 4.68 Å². The van der Waals surface area contributed by atoms with Crippen molar-refractivity contribution in [3.05, 3.63) is 41.7 Å². The third-order valence-electron chi connectivity index (χ3n) is 3.13. The van der Waals surface area contributed by atoms with E-state index in [1.165, 1.54) is 10.9 Å². The van der Waals surface area contributed by atoms with Crippen LogP contribution in [0.2, 0.25) is 0 Å². The van der Waals surface area contributed by atoms with Crippen molar-refractivity contribution in [3.8, 4) is 5.75 Å². The molecular formula is C16H20N4O5. The number of benzene rings is 1. The van der Waals surface area contributed by atoms with E-state index in [2.05, 4.69) is 15.6 Å². The Kier molecular flexibility index (Phi) is 6.90. The molecule has 0 saturated carbocycles. The van der Waals surface area contributed by atoms with Gasteiger partial charge in [-0.2, -0.15) is 0 Å². The number of aliphatic carboxylic acids is 1. The van der Waals surface area contributed by atoms with E-state index in [-0.39, 0.29) is 19.0 Å². The molecule has 2 rings (SSSR count). The zero-order valence-electron chi connectivity index (χ0n) is 13.8. The summed E-state index contributed by atoms with van der Waals surface area (Å²) in [6, 6.07) is 6.90. The number of amides is 1. The normalized spacial score (nSPS) is 10.4. The number of carboxylic acid groups (broad SMARTS) is 1. The maximum Gasteiger partial charge on any atom is 0.325 e. The highest BCUT2D eigenvalue weighted by Gasteiger charge is 2.13. The monoisotopic (exact) mass is 348 g/mol. The minimum absolute atomic E-state index is 0.131. The number of ether oxygens (including phenoxy) is 2. The standard InChI is InChI=1S/C16H20N4O5/c1-2-24-7-8-25-14-6-4-3-5-13(14)16(23)17-9-12-10-20(19-18-12)11-15(21)22/h3-6,10H,2,7-9,11H2,1H3,(H,17,23)(H,21,22). The van der Waals surface area contributed by atoms with E-state index in [4.69, 9.17) is 14.6 Å². The van der Waals surface area contributed by atoms with Crippen LogP contribution in [0.15, 0.2) is 30.5 Å². The van der Waals surface area contributed by atoms with Gasteiger partial charge in [-0.15, -0.1) is 5.10 Å². The Morgan fingerprint density at radius 1 is 1.28 bits per heavy atom. The second kappa shape index (κ2) is 9.38. The van der Waals surface area contributed by atoms with Crippen LogP contribution in [0.25, 0.3) is 0 Å². The molecule has 0 bridgehead atoms. The number of carbonyl (C=O) groups excluding carboxylic acids is 1. The number of para-hydroxylation sites is 1. The van der Waals surface area contributed by atoms with Crippen molar-refractivity contribution in [1.29, 1.82) is 0 Å². The average Bonchev–Trinajstić information content (AvgIpc) is 3.03. The molecule has 0 radical (unpaired) electrons. The fourth-order valence-electron chi connectivity index (χ4n) is 2.04. The van der Waals surface area contributed by atoms with Gasteiger partial charge < -0.3 is 19.9 Å². The van der Waals surface area contributed by atoms with Crippen LogP contribution < -0.4 is 10.1 Å². The fourth-order valence-corrected chi connectivity index (χ4v) is 2.04. The molecule has 0 aliphatic carbocycles. The third kappa shape index (κ3) is 5.88. The molecule has 0 unspecified atom stereocenters. The zero-order chi connectivity index (χ0) is 18.1. The minimum Gasteiger partial charge on any atom is -0.490 e. The summed E-state index contributed by atoms with van der Waals surface area (Å²) in [5, 5.41) is 18.9. The van der Waals surface area contributed by atoms with Gasteiger partial charge in [-0.3, -0.25) is 9.59 Å². The highest BCUT2D eigenvalue weighted by atomic mass is 16.5. The molecule has 0 spiro atoms. The van der Waals surface area contributed by atoms with Gasteiger partial charge in [0.1, 0.15) is 24.6 Å². The molecule has 1 amide bonds. The lowest BCUT2D eigenvalue weighted by molar-refractivity contribution is -0.137. The van der Waals surface area contributed by atoms with Crippen LogP contribution in [-0.2, 0) is 22.6 Å². The minimum atomic E-state index is -1.02. The summed E-state index contributed by atoms with van der Waals surface area (Å²) in [7, 11) is 0. The van der Waals surface area contributed by atoms with E-state index in [1.807, 2.05) is 6.92 Å². The predicted octanol–water partition coefficient (Wildman–Crippen LogP) is 0.708. The number of carbonyl (C=O) groups is 2. The molecule has 1 heterocycles. The van der Waals surface area contributed by atoms with Gasteiger partial charge in [-0.1, -0.05) is 17.3 Å². The topological polar surface area (TPSA) is 116 Å². The van der Waals surface area contributed by atoms with Crippen molar-refractivity contribution in [2.75, 3.05) is 19.8 Å². The average molecular weight is 348 g/mol. The van der Waals surface area contributed by atoms with Gasteiger partial charge >= 0.3 is 5.97 Å². The van der Waals surface area contributed by atoms with Crippen LogP contribution in [0.3, 0.4) is 0 Å². The Morgan fingerprint density at radius 2 is 2.08 bits per heavy atom. The maximum atomic E-state index is 12.3. The largest absolute Gasteiger partial charge is 0.490 e. The number of hydrogen-bond donors (Lipinski definition) is 2. The third-order valence-corrected chi connectivity index (χ3v) is 3.13. The van der Waals surface area contributed by atoms with Crippen molar-refractivity contribution in [3.63, 3.8) is 0 Å². The first-order chi connectivity index (χ1) is 12.1. The number of carboxylic acids is 1. The summed E-state index contributed by atoms with van der Waals surface area (Å²) in [4.78, 5) is 23.0. The van der Waals surface area contributed by atoms with E-state index < -0.39 is 5.97 Å². The van der Waals surface area contributed by atoms with E-state index in [0.29, 0.717) is 36.8 Å². The first kappa shape index (κ1) is 18.4. The molecule has 0 atom stereocenters. The Hall–Kier alpha value is -2.94. The van der Waals surface area contributed by atoms with Crippen molar-refractivity contribution < 1.29 is 24.2 Å². The summed E-state index contributed by atoms with van der Waals surface area (Å²) < 4.78 is 12.0. The highest BCUT2D eigenvalue weighted by molar-refractivity contribution is 5.96. The van der Waals surface area contributed by atoms with Gasteiger partial charge in [0.05, 0.1) is 24.9 Å². The van der Waals surface area contributed by atoms with Gasteiger partial charge in [0, 0.05) is 6.61 Å². The van der Waals surface area contributed by atoms with Crippen molar-refractivity contribution in [1.82, 2.24) is 20.3 Å². The fraction of sp³-hybridized carbons (Fsp3) is 0.375. The second-order valence-corrected chi connectivity index (χ2v) is 5.03. The van der Waals surface area contributed by atoms with Crippen LogP contribution in [0, 0.1) is 0 Å². The quantitative estimate of drug-likeness (QED) is 0.607. The predicted molar refractivity (Wildman–Crippen MR) is 87.3 cm³/mol. The number of rotatable bonds is 10. The molecule has 134 valence electrons. The van der Waals surface area contributed by atoms with Crippen molar-refractivity contribution >= 4 is 11.9 Å². The Labute approximate surface area is 144 Å². The van der Waals surface area contributed by atoms with E-state index in [9.17, 15) is 9.59 Å². The summed E-state index contributed by atoms with van der Waals surface area (Å²) in [6.45, 7) is 3.14. The Morgan fingerprint density at radius 3 is 2.84 bits per heavy atom. The van der Waals surface area contributed by atoms with Gasteiger partial charge in [0.15, 0.2) is 0 Å². The molecule has 9 heteroatoms. The molecule has 1 aromatic heterocycles. The van der Waals surface area contributed by atoms with Gasteiger partial charge in [0.2, 0.25) is 0 Å². The molecular weight excluding hydrogens is 328 g/mol. The van der Waals surface area contributed by atoms with E-state index >= 15 is 0 Å². The Balaban J connectivity index is 1.92. The zero-order valence-corrected chi connectivity index (χ0v) is 13.8. The second-order valence-electron chi connectivity index (χ2n) is 5.03. The van der Waals surface area contributed by atoms with Crippen LogP contribution in [-0.4, -0.2) is 51.8 Å². The molecule has 2 aromatic rings. The van der Waals surface area contributed by atoms with E-state index in [0.717, 1.165) is 0 Å². The lowest BCUT2D eigenvalue weighted by Crippen LogP contribution is -2.24. The van der Waals surface area contributed by atoms with Crippen LogP contribution >= 0.6 is 0 Å². The number of aromatic nitrogens is 3. The van der Waals surface area contributed by atoms with Crippen LogP contribution in [0.1, 0.15) is 23.0 Å². The smallest absolute Gasteiger partial charge is 0.325 e. The number of nitrogens with one attached hydrogen (secondary N) is 1. The lowest BCUT2D eigenvalue weighted by atomic mass is 10.2. The molecule has 0 saturated heterocycles. The highest BCUT2D eigenvalue weighted by Crippen LogP contribution is 2.17. The molecule has 1 aromatic carbocycles. The van der Waals surface area contributed by atoms with Crippen LogP contribution in [0.4, 0.5) is 0 Å². The molecule has 9 nitrogen and oxygen atoms in total. The molecule has 0 fully saturated rings. The molecule has 2 N–H and O–H groups in total. The molecule has 0 aliphatic heterocycles. The first-order valence-electron chi connectivity index (χ1n) is 7.78. The lowest BCUT2D eigenvalue weighted by Gasteiger charge is -2.11. The van der Waals surface area contributed by atoms with Crippen LogP contribution in [0.5, 0.6) is 5.75 Å². The first-order valence-corrected chi connectivity index (χ1v) is 7.78. The van der Waals surface area contributed by atoms with Crippen molar-refractivity contribution in [2.45, 2.75) is 20.0 Å². The SMILES string of the molecule is CCOCCOc1ccccc1C(=O)NCc1cn(CC(=O)O)nn1. The maximum absolute atomic E-state index is 12.3.